The maximum atomic E-state index is 5.95. The molecular weight excluding hydrogens is 436 g/mol. The van der Waals surface area contributed by atoms with Crippen molar-refractivity contribution in [3.05, 3.63) is 0 Å². The zero-order valence-corrected chi connectivity index (χ0v) is 25.1. The highest BCUT2D eigenvalue weighted by Gasteiger charge is 2.39. The van der Waals surface area contributed by atoms with Gasteiger partial charge in [-0.3, -0.25) is 0 Å². The lowest BCUT2D eigenvalue weighted by Gasteiger charge is -2.28. The van der Waals surface area contributed by atoms with Crippen LogP contribution in [0.15, 0.2) is 0 Å². The minimum Gasteiger partial charge on any atom is -0.374 e. The van der Waals surface area contributed by atoms with Crippen LogP contribution in [0.4, 0.5) is 0 Å². The summed E-state index contributed by atoms with van der Waals surface area (Å²) in [6, 6.07) is 0.974. The second-order valence-corrected chi connectivity index (χ2v) is 12.9. The number of unbranched alkanes of at least 4 members (excludes halogenated alkanes) is 21. The monoisotopic (exact) mass is 500 g/mol. The average Bonchev–Trinajstić information content (AvgIpc) is 2.83. The van der Waals surface area contributed by atoms with E-state index in [0.717, 1.165) is 6.04 Å². The Morgan fingerprint density at radius 2 is 0.559 bits per heavy atom. The van der Waals surface area contributed by atoms with E-state index in [1.807, 2.05) is 20.8 Å². The third-order valence-electron chi connectivity index (χ3n) is 6.93. The third-order valence-corrected chi connectivity index (χ3v) is 10.1. The zero-order valence-electron chi connectivity index (χ0n) is 24.1. The summed E-state index contributed by atoms with van der Waals surface area (Å²) >= 11 is 0. The Kier molecular flexibility index (Phi) is 27.8. The molecule has 0 heterocycles. The van der Waals surface area contributed by atoms with Crippen molar-refractivity contribution in [2.45, 2.75) is 175 Å². The van der Waals surface area contributed by atoms with Crippen LogP contribution < -0.4 is 0 Å². The quantitative estimate of drug-likeness (QED) is 0.0754. The molecule has 0 saturated carbocycles. The minimum absolute atomic E-state index is 0.686. The smallest absolute Gasteiger partial charge is 0.374 e. The van der Waals surface area contributed by atoms with E-state index in [4.69, 9.17) is 13.3 Å². The van der Waals surface area contributed by atoms with Crippen LogP contribution in [0, 0.1) is 0 Å². The Labute approximate surface area is 216 Å². The molecule has 0 bridgehead atoms. The van der Waals surface area contributed by atoms with Crippen LogP contribution in [0.25, 0.3) is 0 Å². The van der Waals surface area contributed by atoms with Gasteiger partial charge in [-0.25, -0.2) is 0 Å². The van der Waals surface area contributed by atoms with Crippen molar-refractivity contribution in [1.29, 1.82) is 0 Å². The molecule has 0 amide bonds. The van der Waals surface area contributed by atoms with Gasteiger partial charge in [0, 0.05) is 25.9 Å². The molecular formula is C30H64O3Si. The summed E-state index contributed by atoms with van der Waals surface area (Å²) in [5.41, 5.74) is 0. The molecule has 0 atom stereocenters. The first-order valence-electron chi connectivity index (χ1n) is 15.7. The van der Waals surface area contributed by atoms with E-state index in [1.54, 1.807) is 0 Å². The van der Waals surface area contributed by atoms with Crippen LogP contribution in [0.1, 0.15) is 169 Å². The Morgan fingerprint density at radius 3 is 0.794 bits per heavy atom. The Hall–Kier alpha value is 0.0969. The molecule has 0 radical (unpaired) electrons. The molecule has 0 aliphatic heterocycles. The van der Waals surface area contributed by atoms with Crippen molar-refractivity contribution in [2.24, 2.45) is 0 Å². The first-order valence-corrected chi connectivity index (χ1v) is 17.6. The summed E-state index contributed by atoms with van der Waals surface area (Å²) in [7, 11) is -2.41. The largest absolute Gasteiger partial charge is 0.500 e. The lowest BCUT2D eigenvalue weighted by molar-refractivity contribution is 0.0706. The molecule has 34 heavy (non-hydrogen) atoms. The third kappa shape index (κ3) is 22.6. The molecule has 0 aromatic heterocycles. The highest BCUT2D eigenvalue weighted by atomic mass is 28.4. The van der Waals surface area contributed by atoms with Gasteiger partial charge in [0.15, 0.2) is 0 Å². The van der Waals surface area contributed by atoms with Crippen molar-refractivity contribution >= 4 is 8.80 Å². The summed E-state index contributed by atoms with van der Waals surface area (Å²) < 4.78 is 17.9. The molecule has 4 heteroatoms. The van der Waals surface area contributed by atoms with Crippen LogP contribution in [-0.4, -0.2) is 28.6 Å². The summed E-state index contributed by atoms with van der Waals surface area (Å²) in [6.07, 6.45) is 31.3. The second-order valence-electron chi connectivity index (χ2n) is 10.2. The lowest BCUT2D eigenvalue weighted by atomic mass is 10.0. The topological polar surface area (TPSA) is 27.7 Å². The predicted octanol–water partition coefficient (Wildman–Crippen LogP) is 10.6. The van der Waals surface area contributed by atoms with Gasteiger partial charge in [0.25, 0.3) is 0 Å². The maximum absolute atomic E-state index is 5.95. The molecule has 0 spiro atoms. The highest BCUT2D eigenvalue weighted by molar-refractivity contribution is 6.60. The van der Waals surface area contributed by atoms with Gasteiger partial charge in [-0.1, -0.05) is 142 Å². The van der Waals surface area contributed by atoms with Crippen molar-refractivity contribution < 1.29 is 13.3 Å². The number of rotatable bonds is 29. The fourth-order valence-electron chi connectivity index (χ4n) is 4.95. The van der Waals surface area contributed by atoms with E-state index in [1.165, 1.54) is 141 Å². The normalized spacial score (nSPS) is 12.0. The van der Waals surface area contributed by atoms with Crippen molar-refractivity contribution in [3.8, 4) is 0 Å². The van der Waals surface area contributed by atoms with E-state index < -0.39 is 8.80 Å². The summed E-state index contributed by atoms with van der Waals surface area (Å²) in [5, 5.41) is 0. The van der Waals surface area contributed by atoms with Crippen molar-refractivity contribution in [3.63, 3.8) is 0 Å². The molecule has 0 fully saturated rings. The molecule has 0 aromatic carbocycles. The number of hydrogen-bond donors (Lipinski definition) is 0. The van der Waals surface area contributed by atoms with Gasteiger partial charge >= 0.3 is 8.80 Å². The first-order chi connectivity index (χ1) is 16.7. The van der Waals surface area contributed by atoms with Crippen LogP contribution in [-0.2, 0) is 13.3 Å². The molecule has 3 nitrogen and oxygen atoms in total. The van der Waals surface area contributed by atoms with Gasteiger partial charge in [0.05, 0.1) is 0 Å². The van der Waals surface area contributed by atoms with E-state index in [-0.39, 0.29) is 0 Å². The fourth-order valence-corrected chi connectivity index (χ4v) is 7.64. The van der Waals surface area contributed by atoms with Gasteiger partial charge in [-0.05, 0) is 27.2 Å². The van der Waals surface area contributed by atoms with Crippen LogP contribution in [0.3, 0.4) is 0 Å². The van der Waals surface area contributed by atoms with Gasteiger partial charge < -0.3 is 13.3 Å². The van der Waals surface area contributed by atoms with Crippen LogP contribution in [0.5, 0.6) is 0 Å². The molecule has 0 rings (SSSR count). The van der Waals surface area contributed by atoms with E-state index in [2.05, 4.69) is 6.92 Å². The molecule has 0 aromatic rings. The number of hydrogen-bond acceptors (Lipinski definition) is 3. The Morgan fingerprint density at radius 1 is 0.324 bits per heavy atom. The van der Waals surface area contributed by atoms with Crippen molar-refractivity contribution in [1.82, 2.24) is 0 Å². The summed E-state index contributed by atoms with van der Waals surface area (Å²) in [5.74, 6) is 0. The average molecular weight is 501 g/mol. The Balaban J connectivity index is 3.33. The lowest BCUT2D eigenvalue weighted by Crippen LogP contribution is -2.45. The molecule has 0 saturated heterocycles. The maximum Gasteiger partial charge on any atom is 0.500 e. The zero-order chi connectivity index (χ0) is 25.0. The predicted molar refractivity (Wildman–Crippen MR) is 153 cm³/mol. The molecule has 0 aliphatic rings. The first kappa shape index (κ1) is 34.1. The molecule has 206 valence electrons. The van der Waals surface area contributed by atoms with E-state index in [0.29, 0.717) is 19.8 Å². The van der Waals surface area contributed by atoms with E-state index >= 15 is 0 Å². The highest BCUT2D eigenvalue weighted by Crippen LogP contribution is 2.21. The van der Waals surface area contributed by atoms with Gasteiger partial charge in [0.1, 0.15) is 0 Å². The van der Waals surface area contributed by atoms with Crippen molar-refractivity contribution in [2.75, 3.05) is 19.8 Å². The van der Waals surface area contributed by atoms with Crippen LogP contribution in [0.2, 0.25) is 6.04 Å². The molecule has 0 unspecified atom stereocenters. The summed E-state index contributed by atoms with van der Waals surface area (Å²) in [6.45, 7) is 10.5. The fraction of sp³-hybridized carbons (Fsp3) is 1.00. The Bertz CT molecular complexity index is 361. The van der Waals surface area contributed by atoms with E-state index in [9.17, 15) is 0 Å². The van der Waals surface area contributed by atoms with Gasteiger partial charge in [-0.15, -0.1) is 0 Å². The standard InChI is InChI=1S/C30H64O3Si/c1-5-9-10-11-12-13-14-15-16-17-18-19-20-21-22-23-24-25-26-27-28-29-30-34(31-6-2,32-7-3)33-8-4/h5-30H2,1-4H3. The van der Waals surface area contributed by atoms with Crippen LogP contribution >= 0.6 is 0 Å². The second kappa shape index (κ2) is 27.7. The SMILES string of the molecule is CCCCCCCCCCCCCCCCCCCCCCCC[Si](OCC)(OCC)OCC. The van der Waals surface area contributed by atoms with Gasteiger partial charge in [-0.2, -0.15) is 0 Å². The molecule has 0 aliphatic carbocycles. The summed E-state index contributed by atoms with van der Waals surface area (Å²) in [4.78, 5) is 0. The minimum atomic E-state index is -2.41. The molecule has 0 N–H and O–H groups in total. The van der Waals surface area contributed by atoms with Gasteiger partial charge in [0.2, 0.25) is 0 Å².